The molecule has 1 heterocycles. The van der Waals surface area contributed by atoms with Gasteiger partial charge in [0.1, 0.15) is 0 Å². The molecule has 5 nitrogen and oxygen atoms in total. The maximum absolute atomic E-state index is 5.29. The van der Waals surface area contributed by atoms with Crippen molar-refractivity contribution in [3.8, 4) is 0 Å². The number of ether oxygens (including phenoxy) is 1. The Kier molecular flexibility index (Phi) is 9.58. The van der Waals surface area contributed by atoms with Gasteiger partial charge in [0.2, 0.25) is 0 Å². The van der Waals surface area contributed by atoms with Crippen molar-refractivity contribution in [2.24, 2.45) is 10.4 Å². The number of para-hydroxylation sites is 1. The van der Waals surface area contributed by atoms with Gasteiger partial charge in [0.15, 0.2) is 5.96 Å². The molecule has 0 bridgehead atoms. The van der Waals surface area contributed by atoms with Crippen LogP contribution in [0, 0.1) is 5.41 Å². The molecule has 0 unspecified atom stereocenters. The Balaban J connectivity index is 0.00000280. The molecule has 0 spiro atoms. The van der Waals surface area contributed by atoms with Crippen molar-refractivity contribution in [1.82, 2.24) is 15.6 Å². The number of guanidine groups is 1. The molecule has 1 aliphatic carbocycles. The SMILES string of the molecule is CCNC(=NCC1(CCOC)CCC1)NCCCc1c[nH]c2ccccc12.I. The number of rotatable bonds is 10. The van der Waals surface area contributed by atoms with Crippen LogP contribution in [0.5, 0.6) is 0 Å². The second-order valence-electron chi connectivity index (χ2n) is 7.68. The molecule has 6 heteroatoms. The summed E-state index contributed by atoms with van der Waals surface area (Å²) in [6.07, 6.45) is 9.29. The Labute approximate surface area is 186 Å². The van der Waals surface area contributed by atoms with Crippen molar-refractivity contribution in [1.29, 1.82) is 0 Å². The van der Waals surface area contributed by atoms with Crippen molar-refractivity contribution >= 4 is 40.8 Å². The van der Waals surface area contributed by atoms with Crippen LogP contribution in [0.4, 0.5) is 0 Å². The van der Waals surface area contributed by atoms with E-state index in [4.69, 9.17) is 9.73 Å². The molecule has 0 saturated heterocycles. The van der Waals surface area contributed by atoms with Crippen molar-refractivity contribution in [3.05, 3.63) is 36.0 Å². The summed E-state index contributed by atoms with van der Waals surface area (Å²) in [6, 6.07) is 8.50. The lowest BCUT2D eigenvalue weighted by atomic mass is 9.67. The number of halogens is 1. The fourth-order valence-electron chi connectivity index (χ4n) is 3.90. The highest BCUT2D eigenvalue weighted by Crippen LogP contribution is 2.44. The van der Waals surface area contributed by atoms with Gasteiger partial charge in [-0.25, -0.2) is 0 Å². The first kappa shape index (κ1) is 23.0. The molecule has 1 aromatic heterocycles. The van der Waals surface area contributed by atoms with E-state index in [0.717, 1.165) is 51.5 Å². The molecule has 0 aliphatic heterocycles. The summed E-state index contributed by atoms with van der Waals surface area (Å²) in [7, 11) is 1.79. The van der Waals surface area contributed by atoms with Crippen LogP contribution in [0.3, 0.4) is 0 Å². The van der Waals surface area contributed by atoms with E-state index in [1.54, 1.807) is 7.11 Å². The van der Waals surface area contributed by atoms with Gasteiger partial charge in [0, 0.05) is 50.5 Å². The van der Waals surface area contributed by atoms with Crippen LogP contribution in [0.2, 0.25) is 0 Å². The van der Waals surface area contributed by atoms with E-state index < -0.39 is 0 Å². The third kappa shape index (κ3) is 6.11. The molecule has 28 heavy (non-hydrogen) atoms. The molecule has 1 fully saturated rings. The van der Waals surface area contributed by atoms with Crippen molar-refractivity contribution < 1.29 is 4.74 Å². The zero-order valence-corrected chi connectivity index (χ0v) is 19.6. The number of nitrogens with one attached hydrogen (secondary N) is 3. The predicted octanol–water partition coefficient (Wildman–Crippen LogP) is 4.48. The molecule has 1 saturated carbocycles. The first-order valence-electron chi connectivity index (χ1n) is 10.3. The highest BCUT2D eigenvalue weighted by Gasteiger charge is 2.36. The molecule has 0 atom stereocenters. The van der Waals surface area contributed by atoms with Gasteiger partial charge in [0.25, 0.3) is 0 Å². The lowest BCUT2D eigenvalue weighted by molar-refractivity contribution is 0.0778. The monoisotopic (exact) mass is 498 g/mol. The van der Waals surface area contributed by atoms with Crippen LogP contribution in [0.15, 0.2) is 35.5 Å². The highest BCUT2D eigenvalue weighted by atomic mass is 127. The largest absolute Gasteiger partial charge is 0.385 e. The molecular weight excluding hydrogens is 463 g/mol. The molecule has 0 amide bonds. The van der Waals surface area contributed by atoms with Gasteiger partial charge < -0.3 is 20.4 Å². The zero-order valence-electron chi connectivity index (χ0n) is 17.2. The van der Waals surface area contributed by atoms with Crippen LogP contribution >= 0.6 is 24.0 Å². The quantitative estimate of drug-likeness (QED) is 0.196. The smallest absolute Gasteiger partial charge is 0.191 e. The Morgan fingerprint density at radius 2 is 2.07 bits per heavy atom. The topological polar surface area (TPSA) is 61.4 Å². The molecule has 0 radical (unpaired) electrons. The van der Waals surface area contributed by atoms with Crippen LogP contribution in [0.25, 0.3) is 10.9 Å². The minimum atomic E-state index is 0. The number of aliphatic imine (C=N–C) groups is 1. The highest BCUT2D eigenvalue weighted by molar-refractivity contribution is 14.0. The maximum Gasteiger partial charge on any atom is 0.191 e. The lowest BCUT2D eigenvalue weighted by Gasteiger charge is -2.40. The minimum Gasteiger partial charge on any atom is -0.385 e. The van der Waals surface area contributed by atoms with Crippen LogP contribution < -0.4 is 10.6 Å². The summed E-state index contributed by atoms with van der Waals surface area (Å²) in [6.45, 7) is 5.67. The predicted molar refractivity (Wildman–Crippen MR) is 129 cm³/mol. The van der Waals surface area contributed by atoms with Crippen LogP contribution in [-0.2, 0) is 11.2 Å². The second-order valence-corrected chi connectivity index (χ2v) is 7.68. The standard InChI is InChI=1S/C22H34N4O.HI/c1-3-23-21(26-17-22(11-7-12-22)13-15-27-2)24-14-6-8-18-16-25-20-10-5-4-9-19(18)20;/h4-5,9-10,16,25H,3,6-8,11-15,17H2,1-2H3,(H2,23,24,26);1H. The molecular formula is C22H35IN4O. The number of aryl methyl sites for hydroxylation is 1. The third-order valence-corrected chi connectivity index (χ3v) is 5.76. The molecule has 1 aromatic carbocycles. The normalized spacial score (nSPS) is 15.7. The van der Waals surface area contributed by atoms with Gasteiger partial charge in [-0.15, -0.1) is 24.0 Å². The lowest BCUT2D eigenvalue weighted by Crippen LogP contribution is -2.40. The van der Waals surface area contributed by atoms with Gasteiger partial charge in [-0.05, 0) is 56.1 Å². The average molecular weight is 498 g/mol. The number of hydrogen-bond acceptors (Lipinski definition) is 2. The summed E-state index contributed by atoms with van der Waals surface area (Å²) in [5.41, 5.74) is 2.97. The number of nitrogens with zero attached hydrogens (tertiary/aromatic N) is 1. The van der Waals surface area contributed by atoms with Crippen molar-refractivity contribution in [2.75, 3.05) is 33.4 Å². The summed E-state index contributed by atoms with van der Waals surface area (Å²) < 4.78 is 5.29. The summed E-state index contributed by atoms with van der Waals surface area (Å²) >= 11 is 0. The van der Waals surface area contributed by atoms with Crippen LogP contribution in [-0.4, -0.2) is 44.3 Å². The van der Waals surface area contributed by atoms with Gasteiger partial charge in [-0.2, -0.15) is 0 Å². The number of aromatic nitrogens is 1. The Bertz CT molecular complexity index is 739. The fraction of sp³-hybridized carbons (Fsp3) is 0.591. The number of hydrogen-bond donors (Lipinski definition) is 3. The van der Waals surface area contributed by atoms with Crippen molar-refractivity contribution in [3.63, 3.8) is 0 Å². The first-order valence-corrected chi connectivity index (χ1v) is 10.3. The molecule has 1 aliphatic rings. The number of fused-ring (bicyclic) bond motifs is 1. The number of aromatic amines is 1. The molecule has 156 valence electrons. The number of H-pyrrole nitrogens is 1. The molecule has 3 rings (SSSR count). The van der Waals surface area contributed by atoms with E-state index in [0.29, 0.717) is 5.41 Å². The average Bonchev–Trinajstić information content (AvgIpc) is 3.07. The van der Waals surface area contributed by atoms with E-state index in [1.807, 2.05) is 0 Å². The number of benzene rings is 1. The Morgan fingerprint density at radius 3 is 2.79 bits per heavy atom. The summed E-state index contributed by atoms with van der Waals surface area (Å²) in [4.78, 5) is 8.24. The van der Waals surface area contributed by atoms with E-state index >= 15 is 0 Å². The minimum absolute atomic E-state index is 0. The Hall–Kier alpha value is -1.28. The van der Waals surface area contributed by atoms with E-state index in [-0.39, 0.29) is 24.0 Å². The van der Waals surface area contributed by atoms with E-state index in [9.17, 15) is 0 Å². The first-order chi connectivity index (χ1) is 13.3. The number of methoxy groups -OCH3 is 1. The fourth-order valence-corrected chi connectivity index (χ4v) is 3.90. The summed E-state index contributed by atoms with van der Waals surface area (Å²) in [5, 5.41) is 8.23. The molecule has 2 aromatic rings. The maximum atomic E-state index is 5.29. The van der Waals surface area contributed by atoms with Gasteiger partial charge in [-0.3, -0.25) is 4.99 Å². The third-order valence-electron chi connectivity index (χ3n) is 5.76. The van der Waals surface area contributed by atoms with Gasteiger partial charge in [-0.1, -0.05) is 24.6 Å². The van der Waals surface area contributed by atoms with Crippen LogP contribution in [0.1, 0.15) is 44.6 Å². The molecule has 3 N–H and O–H groups in total. The van der Waals surface area contributed by atoms with E-state index in [1.165, 1.54) is 35.7 Å². The van der Waals surface area contributed by atoms with Gasteiger partial charge in [0.05, 0.1) is 0 Å². The van der Waals surface area contributed by atoms with E-state index in [2.05, 4.69) is 53.0 Å². The second kappa shape index (κ2) is 11.7. The summed E-state index contributed by atoms with van der Waals surface area (Å²) in [5.74, 6) is 0.945. The Morgan fingerprint density at radius 1 is 1.25 bits per heavy atom. The van der Waals surface area contributed by atoms with Crippen molar-refractivity contribution in [2.45, 2.75) is 45.4 Å². The zero-order chi connectivity index (χ0) is 19.0. The van der Waals surface area contributed by atoms with Gasteiger partial charge >= 0.3 is 0 Å².